The fourth-order valence-electron chi connectivity index (χ4n) is 3.32. The van der Waals surface area contributed by atoms with Crippen LogP contribution in [0.25, 0.3) is 10.8 Å². The van der Waals surface area contributed by atoms with Crippen molar-refractivity contribution in [1.82, 2.24) is 0 Å². The number of esters is 1. The molecule has 1 saturated heterocycles. The van der Waals surface area contributed by atoms with Crippen molar-refractivity contribution in [2.45, 2.75) is 6.42 Å². The molecule has 3 aromatic carbocycles. The molecule has 0 bridgehead atoms. The zero-order valence-electron chi connectivity index (χ0n) is 14.9. The maximum Gasteiger partial charge on any atom is 0.316 e. The SMILES string of the molecule is COc1ccc2ccc(OC(=O)C3CC(=O)N(c4ccccc4)C3)cc2c1. The lowest BCUT2D eigenvalue weighted by Gasteiger charge is -2.16. The molecule has 4 rings (SSSR count). The lowest BCUT2D eigenvalue weighted by Crippen LogP contribution is -2.27. The van der Waals surface area contributed by atoms with Gasteiger partial charge < -0.3 is 14.4 Å². The molecule has 5 nitrogen and oxygen atoms in total. The third-order valence-corrected chi connectivity index (χ3v) is 4.76. The van der Waals surface area contributed by atoms with Crippen molar-refractivity contribution in [3.8, 4) is 11.5 Å². The molecule has 1 unspecified atom stereocenters. The standard InChI is InChI=1S/C22H19NO4/c1-26-19-9-7-15-8-10-20(12-16(15)11-19)27-22(25)17-13-21(24)23(14-17)18-5-3-2-4-6-18/h2-12,17H,13-14H2,1H3. The van der Waals surface area contributed by atoms with Gasteiger partial charge >= 0.3 is 5.97 Å². The second-order valence-electron chi connectivity index (χ2n) is 6.54. The van der Waals surface area contributed by atoms with Crippen molar-refractivity contribution >= 4 is 28.3 Å². The van der Waals surface area contributed by atoms with Crippen LogP contribution in [0.2, 0.25) is 0 Å². The van der Waals surface area contributed by atoms with E-state index in [2.05, 4.69) is 0 Å². The molecule has 0 aromatic heterocycles. The Morgan fingerprint density at radius 1 is 0.963 bits per heavy atom. The number of amides is 1. The van der Waals surface area contributed by atoms with Crippen LogP contribution in [0.15, 0.2) is 66.7 Å². The summed E-state index contributed by atoms with van der Waals surface area (Å²) in [6, 6.07) is 20.6. The minimum Gasteiger partial charge on any atom is -0.497 e. The predicted octanol–water partition coefficient (Wildman–Crippen LogP) is 3.81. The van der Waals surface area contributed by atoms with E-state index < -0.39 is 5.92 Å². The highest BCUT2D eigenvalue weighted by molar-refractivity contribution is 5.99. The van der Waals surface area contributed by atoms with Gasteiger partial charge in [0.2, 0.25) is 5.91 Å². The van der Waals surface area contributed by atoms with Gasteiger partial charge in [0.25, 0.3) is 0 Å². The maximum atomic E-state index is 12.6. The monoisotopic (exact) mass is 361 g/mol. The van der Waals surface area contributed by atoms with E-state index >= 15 is 0 Å². The highest BCUT2D eigenvalue weighted by Crippen LogP contribution is 2.28. The summed E-state index contributed by atoms with van der Waals surface area (Å²) in [5.74, 6) is 0.284. The normalized spacial score (nSPS) is 16.6. The predicted molar refractivity (Wildman–Crippen MR) is 103 cm³/mol. The second kappa shape index (κ2) is 7.11. The van der Waals surface area contributed by atoms with Gasteiger partial charge in [-0.15, -0.1) is 0 Å². The molecule has 0 N–H and O–H groups in total. The van der Waals surface area contributed by atoms with Crippen LogP contribution in [0.4, 0.5) is 5.69 Å². The molecule has 0 spiro atoms. The molecular weight excluding hydrogens is 342 g/mol. The zero-order chi connectivity index (χ0) is 18.8. The van der Waals surface area contributed by atoms with E-state index in [4.69, 9.17) is 9.47 Å². The van der Waals surface area contributed by atoms with Crippen LogP contribution in [0.3, 0.4) is 0 Å². The van der Waals surface area contributed by atoms with Crippen LogP contribution >= 0.6 is 0 Å². The van der Waals surface area contributed by atoms with E-state index in [0.29, 0.717) is 12.3 Å². The lowest BCUT2D eigenvalue weighted by molar-refractivity contribution is -0.139. The van der Waals surface area contributed by atoms with Crippen molar-refractivity contribution in [2.24, 2.45) is 5.92 Å². The number of hydrogen-bond acceptors (Lipinski definition) is 4. The number of fused-ring (bicyclic) bond motifs is 1. The Balaban J connectivity index is 1.49. The first kappa shape index (κ1) is 17.1. The Labute approximate surface area is 157 Å². The van der Waals surface area contributed by atoms with Gasteiger partial charge in [-0.3, -0.25) is 9.59 Å². The summed E-state index contributed by atoms with van der Waals surface area (Å²) < 4.78 is 10.8. The van der Waals surface area contributed by atoms with Gasteiger partial charge in [-0.2, -0.15) is 0 Å². The van der Waals surface area contributed by atoms with Crippen molar-refractivity contribution in [3.63, 3.8) is 0 Å². The molecule has 0 radical (unpaired) electrons. The molecule has 0 aliphatic carbocycles. The minimum absolute atomic E-state index is 0.0635. The van der Waals surface area contributed by atoms with Gasteiger partial charge in [-0.1, -0.05) is 30.3 Å². The molecule has 1 aliphatic rings. The van der Waals surface area contributed by atoms with Gasteiger partial charge in [-0.25, -0.2) is 0 Å². The first-order valence-corrected chi connectivity index (χ1v) is 8.79. The molecule has 3 aromatic rings. The number of benzene rings is 3. The number of carbonyl (C=O) groups is 2. The van der Waals surface area contributed by atoms with Crippen molar-refractivity contribution in [2.75, 3.05) is 18.6 Å². The fourth-order valence-corrected chi connectivity index (χ4v) is 3.32. The van der Waals surface area contributed by atoms with Crippen molar-refractivity contribution in [1.29, 1.82) is 0 Å². The Morgan fingerprint density at radius 2 is 1.67 bits per heavy atom. The molecule has 1 fully saturated rings. The first-order chi connectivity index (χ1) is 13.1. The number of methoxy groups -OCH3 is 1. The molecule has 1 atom stereocenters. The lowest BCUT2D eigenvalue weighted by atomic mass is 10.1. The average Bonchev–Trinajstić information content (AvgIpc) is 3.10. The van der Waals surface area contributed by atoms with Gasteiger partial charge in [0.05, 0.1) is 13.0 Å². The summed E-state index contributed by atoms with van der Waals surface area (Å²) in [5, 5.41) is 1.95. The van der Waals surface area contributed by atoms with Crippen molar-refractivity contribution < 1.29 is 19.1 Å². The number of nitrogens with zero attached hydrogens (tertiary/aromatic N) is 1. The summed E-state index contributed by atoms with van der Waals surface area (Å²) in [6.07, 6.45) is 0.162. The van der Waals surface area contributed by atoms with Gasteiger partial charge in [0.1, 0.15) is 11.5 Å². The Bertz CT molecular complexity index is 1000. The zero-order valence-corrected chi connectivity index (χ0v) is 14.9. The van der Waals surface area contributed by atoms with Crippen LogP contribution in [-0.2, 0) is 9.59 Å². The van der Waals surface area contributed by atoms with Crippen LogP contribution in [-0.4, -0.2) is 25.5 Å². The summed E-state index contributed by atoms with van der Waals surface area (Å²) in [7, 11) is 1.61. The van der Waals surface area contributed by atoms with Crippen LogP contribution in [0, 0.1) is 5.92 Å². The van der Waals surface area contributed by atoms with Crippen LogP contribution in [0.5, 0.6) is 11.5 Å². The topological polar surface area (TPSA) is 55.8 Å². The van der Waals surface area contributed by atoms with E-state index in [1.807, 2.05) is 60.7 Å². The molecule has 27 heavy (non-hydrogen) atoms. The highest BCUT2D eigenvalue weighted by atomic mass is 16.5. The third-order valence-electron chi connectivity index (χ3n) is 4.76. The number of ether oxygens (including phenoxy) is 2. The number of anilines is 1. The summed E-state index contributed by atoms with van der Waals surface area (Å²) in [5.41, 5.74) is 0.801. The Morgan fingerprint density at radius 3 is 2.41 bits per heavy atom. The fraction of sp³-hybridized carbons (Fsp3) is 0.182. The van der Waals surface area contributed by atoms with Gasteiger partial charge in [-0.05, 0) is 47.2 Å². The number of para-hydroxylation sites is 1. The first-order valence-electron chi connectivity index (χ1n) is 8.79. The number of carbonyl (C=O) groups excluding carboxylic acids is 2. The van der Waals surface area contributed by atoms with E-state index in [9.17, 15) is 9.59 Å². The van der Waals surface area contributed by atoms with Crippen LogP contribution < -0.4 is 14.4 Å². The molecule has 0 saturated carbocycles. The van der Waals surface area contributed by atoms with E-state index in [0.717, 1.165) is 22.2 Å². The smallest absolute Gasteiger partial charge is 0.316 e. The molecule has 1 amide bonds. The van der Waals surface area contributed by atoms with Gasteiger partial charge in [0.15, 0.2) is 0 Å². The summed E-state index contributed by atoms with van der Waals surface area (Å²) in [6.45, 7) is 0.336. The molecule has 1 aliphatic heterocycles. The highest BCUT2D eigenvalue weighted by Gasteiger charge is 2.36. The molecular formula is C22H19NO4. The van der Waals surface area contributed by atoms with E-state index in [-0.39, 0.29) is 18.3 Å². The minimum atomic E-state index is -0.473. The molecule has 136 valence electrons. The third kappa shape index (κ3) is 3.49. The van der Waals surface area contributed by atoms with Gasteiger partial charge in [0, 0.05) is 18.7 Å². The largest absolute Gasteiger partial charge is 0.497 e. The number of rotatable bonds is 4. The second-order valence-corrected chi connectivity index (χ2v) is 6.54. The Hall–Kier alpha value is -3.34. The van der Waals surface area contributed by atoms with E-state index in [1.54, 1.807) is 18.1 Å². The number of hydrogen-bond donors (Lipinski definition) is 0. The quantitative estimate of drug-likeness (QED) is 0.524. The summed E-state index contributed by atoms with van der Waals surface area (Å²) >= 11 is 0. The van der Waals surface area contributed by atoms with Crippen molar-refractivity contribution in [3.05, 3.63) is 66.7 Å². The maximum absolute atomic E-state index is 12.6. The van der Waals surface area contributed by atoms with E-state index in [1.165, 1.54) is 0 Å². The summed E-state index contributed by atoms with van der Waals surface area (Å²) in [4.78, 5) is 26.5. The molecule has 1 heterocycles. The Kier molecular flexibility index (Phi) is 4.50. The average molecular weight is 361 g/mol. The van der Waals surface area contributed by atoms with Crippen LogP contribution in [0.1, 0.15) is 6.42 Å². The molecule has 5 heteroatoms.